The van der Waals surface area contributed by atoms with Crippen LogP contribution >= 0.6 is 22.9 Å². The van der Waals surface area contributed by atoms with Crippen molar-refractivity contribution in [3.8, 4) is 10.4 Å². The van der Waals surface area contributed by atoms with E-state index >= 15 is 0 Å². The van der Waals surface area contributed by atoms with E-state index in [1.165, 1.54) is 16.2 Å². The number of halogens is 1. The molecule has 0 saturated carbocycles. The minimum Gasteiger partial charge on any atom is -0.456 e. The molecule has 0 radical (unpaired) electrons. The van der Waals surface area contributed by atoms with Crippen LogP contribution in [0.4, 0.5) is 21.0 Å². The Balaban J connectivity index is 1.56. The molecular formula is C24H23ClN4O4S. The molecule has 1 saturated heterocycles. The Bertz CT molecular complexity index is 1180. The number of hydrogen-bond acceptors (Lipinski definition) is 5. The van der Waals surface area contributed by atoms with Crippen LogP contribution in [-0.2, 0) is 4.74 Å². The number of benzene rings is 2. The second kappa shape index (κ2) is 10.6. The molecule has 4 rings (SSSR count). The summed E-state index contributed by atoms with van der Waals surface area (Å²) < 4.78 is 5.70. The SMILES string of the molecule is NC(=O)N1CCCC(OC(=O)c2sc(-c3ccc(Cl)cc3)cc2NC(=O)Nc2ccccc2)C1. The molecule has 0 aliphatic carbocycles. The van der Waals surface area contributed by atoms with Crippen molar-refractivity contribution in [3.63, 3.8) is 0 Å². The number of rotatable bonds is 5. The molecule has 0 spiro atoms. The van der Waals surface area contributed by atoms with Gasteiger partial charge in [-0.15, -0.1) is 11.3 Å². The quantitative estimate of drug-likeness (QED) is 0.408. The average molecular weight is 499 g/mol. The highest BCUT2D eigenvalue weighted by atomic mass is 35.5. The van der Waals surface area contributed by atoms with Crippen LogP contribution in [0.1, 0.15) is 22.5 Å². The Morgan fingerprint density at radius 1 is 1.06 bits per heavy atom. The molecule has 1 unspecified atom stereocenters. The fourth-order valence-corrected chi connectivity index (χ4v) is 4.77. The summed E-state index contributed by atoms with van der Waals surface area (Å²) in [6, 6.07) is 16.9. The first-order chi connectivity index (χ1) is 16.4. The van der Waals surface area contributed by atoms with Gasteiger partial charge in [-0.3, -0.25) is 0 Å². The van der Waals surface area contributed by atoms with Gasteiger partial charge in [-0.2, -0.15) is 0 Å². The van der Waals surface area contributed by atoms with Gasteiger partial charge in [0.1, 0.15) is 11.0 Å². The predicted octanol–water partition coefficient (Wildman–Crippen LogP) is 5.41. The van der Waals surface area contributed by atoms with Gasteiger partial charge < -0.3 is 26.0 Å². The smallest absolute Gasteiger partial charge is 0.350 e. The molecule has 34 heavy (non-hydrogen) atoms. The monoisotopic (exact) mass is 498 g/mol. The summed E-state index contributed by atoms with van der Waals surface area (Å²) in [5, 5.41) is 6.09. The number of thiophene rings is 1. The van der Waals surface area contributed by atoms with Crippen LogP contribution in [0.3, 0.4) is 0 Å². The number of likely N-dealkylation sites (tertiary alicyclic amines) is 1. The van der Waals surface area contributed by atoms with Crippen molar-refractivity contribution in [3.05, 3.63) is 70.6 Å². The van der Waals surface area contributed by atoms with Crippen molar-refractivity contribution in [1.29, 1.82) is 0 Å². The molecule has 2 heterocycles. The van der Waals surface area contributed by atoms with E-state index in [-0.39, 0.29) is 11.4 Å². The number of anilines is 2. The zero-order valence-electron chi connectivity index (χ0n) is 18.1. The lowest BCUT2D eigenvalue weighted by Crippen LogP contribution is -2.46. The maximum Gasteiger partial charge on any atom is 0.350 e. The summed E-state index contributed by atoms with van der Waals surface area (Å²) in [4.78, 5) is 39.7. The van der Waals surface area contributed by atoms with Crippen molar-refractivity contribution < 1.29 is 19.1 Å². The molecular weight excluding hydrogens is 476 g/mol. The number of carbonyl (C=O) groups excluding carboxylic acids is 3. The lowest BCUT2D eigenvalue weighted by molar-refractivity contribution is 0.0134. The zero-order chi connectivity index (χ0) is 24.1. The first kappa shape index (κ1) is 23.6. The number of nitrogens with zero attached hydrogens (tertiary/aromatic N) is 1. The number of carbonyl (C=O) groups is 3. The number of nitrogens with two attached hydrogens (primary N) is 1. The number of esters is 1. The molecule has 0 bridgehead atoms. The number of primary amides is 1. The first-order valence-electron chi connectivity index (χ1n) is 10.7. The minimum atomic E-state index is -0.573. The highest BCUT2D eigenvalue weighted by molar-refractivity contribution is 7.18. The van der Waals surface area contributed by atoms with Crippen LogP contribution in [0.15, 0.2) is 60.7 Å². The van der Waals surface area contributed by atoms with Crippen LogP contribution in [0.5, 0.6) is 0 Å². The summed E-state index contributed by atoms with van der Waals surface area (Å²) >= 11 is 7.21. The third kappa shape index (κ3) is 5.86. The topological polar surface area (TPSA) is 114 Å². The Labute approximate surface area is 205 Å². The molecule has 4 N–H and O–H groups in total. The van der Waals surface area contributed by atoms with Crippen LogP contribution in [-0.4, -0.2) is 42.1 Å². The predicted molar refractivity (Wildman–Crippen MR) is 133 cm³/mol. The van der Waals surface area contributed by atoms with E-state index in [9.17, 15) is 14.4 Å². The third-order valence-corrected chi connectivity index (χ3v) is 6.71. The van der Waals surface area contributed by atoms with Crippen LogP contribution in [0.25, 0.3) is 10.4 Å². The number of hydrogen-bond donors (Lipinski definition) is 3. The van der Waals surface area contributed by atoms with Crippen LogP contribution in [0, 0.1) is 0 Å². The summed E-state index contributed by atoms with van der Waals surface area (Å²) in [5.74, 6) is -0.573. The highest BCUT2D eigenvalue weighted by Gasteiger charge is 2.28. The first-order valence-corrected chi connectivity index (χ1v) is 11.9. The fourth-order valence-electron chi connectivity index (χ4n) is 3.64. The fraction of sp³-hybridized carbons (Fsp3) is 0.208. The van der Waals surface area contributed by atoms with Gasteiger partial charge in [0.05, 0.1) is 12.2 Å². The zero-order valence-corrected chi connectivity index (χ0v) is 19.7. The number of amides is 4. The van der Waals surface area contributed by atoms with Crippen LogP contribution < -0.4 is 16.4 Å². The van der Waals surface area contributed by atoms with Gasteiger partial charge in [-0.25, -0.2) is 14.4 Å². The molecule has 8 nitrogen and oxygen atoms in total. The largest absolute Gasteiger partial charge is 0.456 e. The minimum absolute atomic E-state index is 0.244. The van der Waals surface area contributed by atoms with E-state index in [2.05, 4.69) is 10.6 Å². The lowest BCUT2D eigenvalue weighted by Gasteiger charge is -2.31. The summed E-state index contributed by atoms with van der Waals surface area (Å²) in [6.07, 6.45) is 0.842. The van der Waals surface area contributed by atoms with Gasteiger partial charge in [-0.1, -0.05) is 41.9 Å². The third-order valence-electron chi connectivity index (χ3n) is 5.29. The Kier molecular flexibility index (Phi) is 7.34. The van der Waals surface area contributed by atoms with Gasteiger partial charge in [0.2, 0.25) is 0 Å². The maximum atomic E-state index is 13.1. The van der Waals surface area contributed by atoms with Crippen molar-refractivity contribution in [2.24, 2.45) is 5.73 Å². The molecule has 1 aliphatic rings. The molecule has 2 aromatic carbocycles. The van der Waals surface area contributed by atoms with E-state index < -0.39 is 24.1 Å². The van der Waals surface area contributed by atoms with Crippen molar-refractivity contribution in [2.45, 2.75) is 18.9 Å². The average Bonchev–Trinajstić information content (AvgIpc) is 3.24. The van der Waals surface area contributed by atoms with E-state index in [1.807, 2.05) is 18.2 Å². The molecule has 1 aliphatic heterocycles. The lowest BCUT2D eigenvalue weighted by atomic mass is 10.1. The molecule has 4 amide bonds. The second-order valence-electron chi connectivity index (χ2n) is 7.76. The van der Waals surface area contributed by atoms with Gasteiger partial charge >= 0.3 is 18.0 Å². The standard InChI is InChI=1S/C24H23ClN4O4S/c25-16-10-8-15(9-11-16)20-13-19(28-24(32)27-17-5-2-1-3-6-17)21(34-20)22(30)33-18-7-4-12-29(14-18)23(26)31/h1-3,5-6,8-11,13,18H,4,7,12,14H2,(H2,26,31)(H2,27,28,32). The molecule has 10 heteroatoms. The maximum absolute atomic E-state index is 13.1. The van der Waals surface area contributed by atoms with E-state index in [4.69, 9.17) is 22.1 Å². The van der Waals surface area contributed by atoms with E-state index in [0.29, 0.717) is 35.8 Å². The van der Waals surface area contributed by atoms with Crippen molar-refractivity contribution in [1.82, 2.24) is 4.90 Å². The Hall–Kier alpha value is -3.56. The van der Waals surface area contributed by atoms with E-state index in [0.717, 1.165) is 10.4 Å². The molecule has 3 aromatic rings. The van der Waals surface area contributed by atoms with Gasteiger partial charge in [-0.05, 0) is 48.7 Å². The van der Waals surface area contributed by atoms with E-state index in [1.54, 1.807) is 42.5 Å². The van der Waals surface area contributed by atoms with Gasteiger partial charge in [0.25, 0.3) is 0 Å². The number of para-hydroxylation sites is 1. The molecule has 176 valence electrons. The number of ether oxygens (including phenoxy) is 1. The normalized spacial score (nSPS) is 15.4. The van der Waals surface area contributed by atoms with Crippen molar-refractivity contribution >= 4 is 52.3 Å². The Morgan fingerprint density at radius 3 is 2.50 bits per heavy atom. The van der Waals surface area contributed by atoms with Crippen LogP contribution in [0.2, 0.25) is 5.02 Å². The highest BCUT2D eigenvalue weighted by Crippen LogP contribution is 2.36. The molecule has 1 aromatic heterocycles. The number of urea groups is 2. The van der Waals surface area contributed by atoms with Crippen molar-refractivity contribution in [2.75, 3.05) is 23.7 Å². The Morgan fingerprint density at radius 2 is 1.79 bits per heavy atom. The number of piperidine rings is 1. The summed E-state index contributed by atoms with van der Waals surface area (Å²) in [6.45, 7) is 0.781. The van der Waals surface area contributed by atoms with Gasteiger partial charge in [0, 0.05) is 22.1 Å². The molecule has 1 atom stereocenters. The number of nitrogens with one attached hydrogen (secondary N) is 2. The molecule has 1 fully saturated rings. The second-order valence-corrected chi connectivity index (χ2v) is 9.25. The summed E-state index contributed by atoms with van der Waals surface area (Å²) in [5.41, 5.74) is 7.17. The summed E-state index contributed by atoms with van der Waals surface area (Å²) in [7, 11) is 0. The van der Waals surface area contributed by atoms with Gasteiger partial charge in [0.15, 0.2) is 0 Å².